The van der Waals surface area contributed by atoms with E-state index in [0.717, 1.165) is 11.4 Å². The van der Waals surface area contributed by atoms with Crippen LogP contribution in [0.3, 0.4) is 0 Å². The molecule has 7 nitrogen and oxygen atoms in total. The van der Waals surface area contributed by atoms with Crippen LogP contribution >= 0.6 is 0 Å². The van der Waals surface area contributed by atoms with Crippen molar-refractivity contribution in [3.63, 3.8) is 0 Å². The van der Waals surface area contributed by atoms with Gasteiger partial charge in [-0.15, -0.1) is 0 Å². The number of nitrogens with zero attached hydrogens (tertiary/aromatic N) is 5. The number of rotatable bonds is 3. The third kappa shape index (κ3) is 3.20. The number of imidazole rings is 1. The average molecular weight is 393 g/mol. The number of fused-ring (bicyclic) bond motifs is 1. The summed E-state index contributed by atoms with van der Waals surface area (Å²) in [7, 11) is 5.79. The highest BCUT2D eigenvalue weighted by Gasteiger charge is 2.45. The number of aromatic nitrogens is 3. The van der Waals surface area contributed by atoms with Gasteiger partial charge in [0.15, 0.2) is 5.65 Å². The Morgan fingerprint density at radius 3 is 2.66 bits per heavy atom. The fourth-order valence-electron chi connectivity index (χ4n) is 4.29. The molecule has 0 radical (unpaired) electrons. The van der Waals surface area contributed by atoms with Gasteiger partial charge >= 0.3 is 0 Å². The minimum Gasteiger partial charge on any atom is -0.383 e. The van der Waals surface area contributed by atoms with Crippen LogP contribution in [0.2, 0.25) is 0 Å². The van der Waals surface area contributed by atoms with Crippen molar-refractivity contribution in [2.24, 2.45) is 7.05 Å². The Hall–Kier alpha value is -2.77. The molecule has 2 atom stereocenters. The number of amides is 1. The fraction of sp³-hybridized carbons (Fsp3) is 0.409. The highest BCUT2D eigenvalue weighted by Crippen LogP contribution is 2.36. The lowest BCUT2D eigenvalue weighted by Gasteiger charge is -2.47. The van der Waals surface area contributed by atoms with Crippen molar-refractivity contribution in [2.45, 2.75) is 25.0 Å². The van der Waals surface area contributed by atoms with Gasteiger partial charge in [-0.3, -0.25) is 4.79 Å². The number of pyridine rings is 1. The Balaban J connectivity index is 1.67. The lowest BCUT2D eigenvalue weighted by atomic mass is 9.79. The van der Waals surface area contributed by atoms with Crippen LogP contribution in [0.5, 0.6) is 0 Å². The molecule has 1 saturated heterocycles. The molecule has 2 aromatic heterocycles. The van der Waals surface area contributed by atoms with Crippen molar-refractivity contribution in [1.82, 2.24) is 24.3 Å². The van der Waals surface area contributed by atoms with Gasteiger partial charge in [-0.2, -0.15) is 0 Å². The normalized spacial score (nSPS) is 22.4. The van der Waals surface area contributed by atoms with Gasteiger partial charge in [-0.1, -0.05) is 30.3 Å². The summed E-state index contributed by atoms with van der Waals surface area (Å²) in [5, 5.41) is 11.5. The summed E-state index contributed by atoms with van der Waals surface area (Å²) in [6.45, 7) is 2.82. The zero-order chi connectivity index (χ0) is 20.8. The van der Waals surface area contributed by atoms with E-state index < -0.39 is 5.60 Å². The Labute approximate surface area is 170 Å². The molecule has 0 spiro atoms. The molecule has 152 valence electrons. The van der Waals surface area contributed by atoms with Gasteiger partial charge in [-0.25, -0.2) is 9.97 Å². The molecule has 0 saturated carbocycles. The van der Waals surface area contributed by atoms with Gasteiger partial charge in [0.05, 0.1) is 11.6 Å². The van der Waals surface area contributed by atoms with Crippen molar-refractivity contribution in [2.75, 3.05) is 27.2 Å². The predicted octanol–water partition coefficient (Wildman–Crippen LogP) is 1.94. The Bertz CT molecular complexity index is 1050. The first kappa shape index (κ1) is 19.5. The predicted molar refractivity (Wildman–Crippen MR) is 112 cm³/mol. The van der Waals surface area contributed by atoms with Gasteiger partial charge in [0.2, 0.25) is 0 Å². The zero-order valence-corrected chi connectivity index (χ0v) is 17.3. The maximum Gasteiger partial charge on any atom is 0.256 e. The van der Waals surface area contributed by atoms with Gasteiger partial charge < -0.3 is 19.5 Å². The molecule has 29 heavy (non-hydrogen) atoms. The average Bonchev–Trinajstić information content (AvgIpc) is 3.02. The Kier molecular flexibility index (Phi) is 4.88. The number of piperidine rings is 1. The van der Waals surface area contributed by atoms with Crippen LogP contribution in [0.1, 0.15) is 28.2 Å². The van der Waals surface area contributed by atoms with Gasteiger partial charge in [-0.05, 0) is 39.1 Å². The SMILES string of the molecule is Cc1nc2c(C(=O)N3CC[C@](O)(c4ccccc4)[C@H](N(C)C)C3)ccnc2n1C. The third-order valence-electron chi connectivity index (χ3n) is 6.10. The molecule has 3 heterocycles. The molecule has 7 heteroatoms. The van der Waals surface area contributed by atoms with Gasteiger partial charge in [0.25, 0.3) is 5.91 Å². The number of likely N-dealkylation sites (N-methyl/N-ethyl adjacent to an activating group) is 1. The Morgan fingerprint density at radius 1 is 1.24 bits per heavy atom. The van der Waals surface area contributed by atoms with Crippen LogP contribution in [0.4, 0.5) is 0 Å². The van der Waals surface area contributed by atoms with Crippen LogP contribution in [0, 0.1) is 6.92 Å². The van der Waals surface area contributed by atoms with Crippen LogP contribution in [-0.2, 0) is 12.6 Å². The smallest absolute Gasteiger partial charge is 0.256 e. The molecule has 1 N–H and O–H groups in total. The quantitative estimate of drug-likeness (QED) is 0.736. The number of hydrogen-bond acceptors (Lipinski definition) is 5. The second-order valence-corrected chi connectivity index (χ2v) is 8.02. The van der Waals surface area contributed by atoms with E-state index in [9.17, 15) is 9.90 Å². The summed E-state index contributed by atoms with van der Waals surface area (Å²) in [6, 6.07) is 11.3. The van der Waals surface area contributed by atoms with E-state index >= 15 is 0 Å². The number of benzene rings is 1. The Morgan fingerprint density at radius 2 is 1.97 bits per heavy atom. The van der Waals surface area contributed by atoms with Crippen molar-refractivity contribution in [1.29, 1.82) is 0 Å². The summed E-state index contributed by atoms with van der Waals surface area (Å²) in [4.78, 5) is 26.1. The molecule has 1 fully saturated rings. The minimum absolute atomic E-state index is 0.0718. The molecular weight excluding hydrogens is 366 g/mol. The highest BCUT2D eigenvalue weighted by atomic mass is 16.3. The lowest BCUT2D eigenvalue weighted by molar-refractivity contribution is -0.0810. The second-order valence-electron chi connectivity index (χ2n) is 8.02. The monoisotopic (exact) mass is 393 g/mol. The summed E-state index contributed by atoms with van der Waals surface area (Å²) in [5.41, 5.74) is 1.77. The zero-order valence-electron chi connectivity index (χ0n) is 17.3. The maximum atomic E-state index is 13.4. The maximum absolute atomic E-state index is 13.4. The van der Waals surface area contributed by atoms with E-state index in [1.807, 2.05) is 72.8 Å². The van der Waals surface area contributed by atoms with Crippen LogP contribution in [-0.4, -0.2) is 68.6 Å². The van der Waals surface area contributed by atoms with Crippen LogP contribution in [0.15, 0.2) is 42.6 Å². The standard InChI is InChI=1S/C22H27N5O2/c1-15-24-19-17(10-12-23-20(19)26(15)4)21(28)27-13-11-22(29,18(14-27)25(2)3)16-8-6-5-7-9-16/h5-10,12,18,29H,11,13-14H2,1-4H3/t18-,22+/m1/s1. The van der Waals surface area contributed by atoms with Crippen LogP contribution in [0.25, 0.3) is 11.2 Å². The first-order valence-corrected chi connectivity index (χ1v) is 9.84. The topological polar surface area (TPSA) is 74.5 Å². The number of aliphatic hydroxyl groups is 1. The molecule has 1 aromatic carbocycles. The molecule has 3 aromatic rings. The number of carbonyl (C=O) groups is 1. The van der Waals surface area contributed by atoms with E-state index in [4.69, 9.17) is 0 Å². The summed E-state index contributed by atoms with van der Waals surface area (Å²) in [5.74, 6) is 0.744. The fourth-order valence-corrected chi connectivity index (χ4v) is 4.29. The molecule has 1 amide bonds. The van der Waals surface area contributed by atoms with Crippen LogP contribution < -0.4 is 0 Å². The van der Waals surface area contributed by atoms with E-state index in [-0.39, 0.29) is 11.9 Å². The third-order valence-corrected chi connectivity index (χ3v) is 6.10. The molecule has 0 aliphatic carbocycles. The molecule has 0 unspecified atom stereocenters. The van der Waals surface area contributed by atoms with E-state index in [0.29, 0.717) is 36.2 Å². The molecular formula is C22H27N5O2. The van der Waals surface area contributed by atoms with Crippen molar-refractivity contribution in [3.8, 4) is 0 Å². The molecule has 1 aliphatic heterocycles. The summed E-state index contributed by atoms with van der Waals surface area (Å²) in [6.07, 6.45) is 2.13. The number of carbonyl (C=O) groups excluding carboxylic acids is 1. The van der Waals surface area contributed by atoms with Crippen molar-refractivity contribution < 1.29 is 9.90 Å². The van der Waals surface area contributed by atoms with Crippen molar-refractivity contribution >= 4 is 17.1 Å². The van der Waals surface area contributed by atoms with Crippen molar-refractivity contribution in [3.05, 3.63) is 59.5 Å². The van der Waals surface area contributed by atoms with E-state index in [1.54, 1.807) is 12.3 Å². The largest absolute Gasteiger partial charge is 0.383 e. The number of aryl methyl sites for hydroxylation is 2. The summed E-state index contributed by atoms with van der Waals surface area (Å²) >= 11 is 0. The first-order valence-electron chi connectivity index (χ1n) is 9.84. The van der Waals surface area contributed by atoms with Gasteiger partial charge in [0, 0.05) is 26.3 Å². The minimum atomic E-state index is -1.00. The molecule has 4 rings (SSSR count). The second kappa shape index (κ2) is 7.24. The highest BCUT2D eigenvalue weighted by molar-refractivity contribution is 6.04. The van der Waals surface area contributed by atoms with E-state index in [1.165, 1.54) is 0 Å². The number of hydrogen-bond donors (Lipinski definition) is 1. The number of likely N-dealkylation sites (tertiary alicyclic amines) is 1. The van der Waals surface area contributed by atoms with Gasteiger partial charge in [0.1, 0.15) is 16.9 Å². The lowest BCUT2D eigenvalue weighted by Crippen LogP contribution is -2.60. The van der Waals surface area contributed by atoms with E-state index in [2.05, 4.69) is 9.97 Å². The first-order chi connectivity index (χ1) is 13.8. The molecule has 1 aliphatic rings. The summed E-state index contributed by atoms with van der Waals surface area (Å²) < 4.78 is 1.89. The molecule has 0 bridgehead atoms.